The lowest BCUT2D eigenvalue weighted by Crippen LogP contribution is -2.59. The Morgan fingerprint density at radius 2 is 1.55 bits per heavy atom. The average molecular weight is 474 g/mol. The van der Waals surface area contributed by atoms with Gasteiger partial charge in [0.25, 0.3) is 11.1 Å². The Labute approximate surface area is 178 Å². The number of H-pyrrole nitrogens is 2. The number of alkyl halides is 6. The lowest BCUT2D eigenvalue weighted by atomic mass is 9.87. The molecule has 7 nitrogen and oxygen atoms in total. The molecule has 2 aromatic heterocycles. The second-order valence-corrected chi connectivity index (χ2v) is 6.85. The molecule has 0 unspecified atom stereocenters. The van der Waals surface area contributed by atoms with Gasteiger partial charge in [-0.25, -0.2) is 23.7 Å². The number of aromatic nitrogens is 3. The minimum absolute atomic E-state index is 0.196. The van der Waals surface area contributed by atoms with Crippen molar-refractivity contribution in [2.24, 2.45) is 4.99 Å². The second kappa shape index (κ2) is 7.28. The van der Waals surface area contributed by atoms with Gasteiger partial charge in [-0.1, -0.05) is 12.1 Å². The van der Waals surface area contributed by atoms with Crippen LogP contribution in [0.25, 0.3) is 5.69 Å². The van der Waals surface area contributed by atoms with Crippen LogP contribution in [0.1, 0.15) is 11.1 Å². The number of anilines is 1. The van der Waals surface area contributed by atoms with Crippen LogP contribution in [0.3, 0.4) is 0 Å². The summed E-state index contributed by atoms with van der Waals surface area (Å²) >= 11 is 0. The number of nitrogens with zero attached hydrogens (tertiary/aromatic N) is 2. The van der Waals surface area contributed by atoms with Gasteiger partial charge in [-0.05, 0) is 12.1 Å². The molecule has 1 aromatic carbocycles. The molecule has 0 saturated carbocycles. The molecule has 0 aliphatic carbocycles. The van der Waals surface area contributed by atoms with Crippen LogP contribution in [0.5, 0.6) is 0 Å². The van der Waals surface area contributed by atoms with Gasteiger partial charge in [-0.15, -0.1) is 0 Å². The van der Waals surface area contributed by atoms with Gasteiger partial charge in [-0.3, -0.25) is 9.78 Å². The molecule has 0 bridgehead atoms. The highest BCUT2D eigenvalue weighted by Crippen LogP contribution is 2.55. The maximum atomic E-state index is 14.4. The molecule has 0 atom stereocenters. The topological polar surface area (TPSA) is 93.4 Å². The van der Waals surface area contributed by atoms with E-state index in [4.69, 9.17) is 0 Å². The Morgan fingerprint density at radius 1 is 0.939 bits per heavy atom. The Morgan fingerprint density at radius 3 is 2.12 bits per heavy atom. The summed E-state index contributed by atoms with van der Waals surface area (Å²) < 4.78 is 99.7. The van der Waals surface area contributed by atoms with Gasteiger partial charge in [0.05, 0.1) is 5.69 Å². The summed E-state index contributed by atoms with van der Waals surface area (Å²) in [7, 11) is 0. The number of nitrogens with one attached hydrogen (secondary N) is 3. The summed E-state index contributed by atoms with van der Waals surface area (Å²) in [6.07, 6.45) is -9.92. The predicted octanol–water partition coefficient (Wildman–Crippen LogP) is 2.67. The van der Waals surface area contributed by atoms with Crippen molar-refractivity contribution in [2.45, 2.75) is 17.9 Å². The van der Waals surface area contributed by atoms with Gasteiger partial charge in [0.2, 0.25) is 0 Å². The van der Waals surface area contributed by atoms with Crippen molar-refractivity contribution in [3.05, 3.63) is 86.6 Å². The van der Waals surface area contributed by atoms with Crippen LogP contribution in [0.15, 0.2) is 63.4 Å². The zero-order valence-electron chi connectivity index (χ0n) is 16.0. The molecular weight excluding hydrogens is 463 g/mol. The molecule has 14 heteroatoms. The minimum Gasteiger partial charge on any atom is -0.325 e. The van der Waals surface area contributed by atoms with Crippen molar-refractivity contribution in [2.75, 3.05) is 5.32 Å². The van der Waals surface area contributed by atoms with Crippen molar-refractivity contribution < 1.29 is 35.7 Å². The van der Waals surface area contributed by atoms with Crippen LogP contribution in [0.4, 0.5) is 36.6 Å². The van der Waals surface area contributed by atoms with Crippen LogP contribution < -0.4 is 21.5 Å². The molecule has 3 N–H and O–H groups in total. The lowest BCUT2D eigenvalue weighted by molar-refractivity contribution is -0.378. The Kier molecular flexibility index (Phi) is 4.91. The molecule has 0 fully saturated rings. The van der Waals surface area contributed by atoms with Crippen LogP contribution in [-0.4, -0.2) is 27.7 Å². The number of pyridine rings is 1. The van der Waals surface area contributed by atoms with Crippen molar-refractivity contribution in [3.8, 4) is 5.69 Å². The largest absolute Gasteiger partial charge is 0.427 e. The zero-order valence-corrected chi connectivity index (χ0v) is 16.0. The molecule has 0 saturated heterocycles. The highest BCUT2D eigenvalue weighted by molar-refractivity contribution is 6.09. The van der Waals surface area contributed by atoms with E-state index in [2.05, 4.69) is 15.3 Å². The predicted molar refractivity (Wildman–Crippen MR) is 99.6 cm³/mol. The van der Waals surface area contributed by atoms with Crippen LogP contribution in [0.2, 0.25) is 0 Å². The fourth-order valence-electron chi connectivity index (χ4n) is 3.47. The van der Waals surface area contributed by atoms with Gasteiger partial charge in [-0.2, -0.15) is 26.3 Å². The van der Waals surface area contributed by atoms with Gasteiger partial charge in [0.15, 0.2) is 12.4 Å². The zero-order chi connectivity index (χ0) is 24.2. The summed E-state index contributed by atoms with van der Waals surface area (Å²) in [5.41, 5.74) is -11.4. The van der Waals surface area contributed by atoms with Gasteiger partial charge in [0.1, 0.15) is 23.0 Å². The molecular formula is C19H11F7N5O2+. The summed E-state index contributed by atoms with van der Waals surface area (Å²) in [6.45, 7) is 0. The van der Waals surface area contributed by atoms with E-state index >= 15 is 0 Å². The first-order chi connectivity index (χ1) is 15.4. The van der Waals surface area contributed by atoms with E-state index in [0.717, 1.165) is 24.3 Å². The monoisotopic (exact) mass is 474 g/mol. The third-order valence-electron chi connectivity index (χ3n) is 4.89. The number of fused-ring (bicyclic) bond motifs is 1. The highest BCUT2D eigenvalue weighted by atomic mass is 19.4. The minimum atomic E-state index is -6.17. The fourth-order valence-corrected chi connectivity index (χ4v) is 3.47. The van der Waals surface area contributed by atoms with Gasteiger partial charge >= 0.3 is 18.0 Å². The third-order valence-corrected chi connectivity index (χ3v) is 4.89. The Hall–Kier alpha value is -3.97. The lowest BCUT2D eigenvalue weighted by Gasteiger charge is -2.38. The molecule has 0 amide bonds. The van der Waals surface area contributed by atoms with Gasteiger partial charge < -0.3 is 5.32 Å². The molecule has 1 aliphatic rings. The maximum absolute atomic E-state index is 14.4. The van der Waals surface area contributed by atoms with E-state index in [0.29, 0.717) is 0 Å². The number of hydrogen-bond donors (Lipinski definition) is 2. The summed E-state index contributed by atoms with van der Waals surface area (Å²) in [5.74, 6) is -3.30. The van der Waals surface area contributed by atoms with Crippen LogP contribution >= 0.6 is 0 Å². The van der Waals surface area contributed by atoms with E-state index < -0.39 is 57.9 Å². The molecule has 0 spiro atoms. The second-order valence-electron chi connectivity index (χ2n) is 6.85. The number of aromatic amines is 2. The van der Waals surface area contributed by atoms with Crippen molar-refractivity contribution in [1.29, 1.82) is 0 Å². The first-order valence-electron chi connectivity index (χ1n) is 9.00. The van der Waals surface area contributed by atoms with Crippen molar-refractivity contribution >= 4 is 11.7 Å². The smallest absolute Gasteiger partial charge is 0.325 e. The van der Waals surface area contributed by atoms with Crippen LogP contribution in [-0.2, 0) is 5.54 Å². The van der Waals surface area contributed by atoms with E-state index in [-0.39, 0.29) is 10.1 Å². The fraction of sp³-hybridized carbons (Fsp3) is 0.158. The summed E-state index contributed by atoms with van der Waals surface area (Å²) in [4.78, 5) is 31.8. The molecule has 4 rings (SSSR count). The van der Waals surface area contributed by atoms with E-state index in [9.17, 15) is 40.3 Å². The van der Waals surface area contributed by atoms with E-state index in [1.54, 1.807) is 0 Å². The molecule has 3 heterocycles. The molecule has 0 radical (unpaired) electrons. The first kappa shape index (κ1) is 22.2. The highest BCUT2D eigenvalue weighted by Gasteiger charge is 2.75. The van der Waals surface area contributed by atoms with E-state index in [1.807, 2.05) is 0 Å². The number of aliphatic imine (C=N–C) groups is 1. The molecule has 33 heavy (non-hydrogen) atoms. The van der Waals surface area contributed by atoms with Gasteiger partial charge in [0, 0.05) is 17.7 Å². The number of amidine groups is 1. The average Bonchev–Trinajstić information content (AvgIpc) is 2.73. The first-order valence-corrected chi connectivity index (χ1v) is 9.00. The normalized spacial score (nSPS) is 15.4. The quantitative estimate of drug-likeness (QED) is 0.560. The number of halogens is 7. The Balaban J connectivity index is 2.21. The van der Waals surface area contributed by atoms with Crippen LogP contribution in [0, 0.1) is 5.82 Å². The number of rotatable bonds is 2. The number of para-hydroxylation sites is 1. The summed E-state index contributed by atoms with van der Waals surface area (Å²) in [5, 5.41) is 2.20. The van der Waals surface area contributed by atoms with Crippen molar-refractivity contribution in [1.82, 2.24) is 9.55 Å². The maximum Gasteiger partial charge on any atom is 0.427 e. The molecule has 1 aliphatic heterocycles. The molecule has 172 valence electrons. The standard InChI is InChI=1S/C19H10F7N5O2/c20-10-3-1-2-4-11(10)31-14-12(15(32)29-16(31)33)17(18(21,22)23,19(24,25)26)30-13(28-14)9-5-7-27-8-6-9/h1-8H,(H,28,30)(H,29,32,33)/p+1. The SMILES string of the molecule is O=c1[nH]c(=O)n(-c2ccccc2F)c2c1C(C(F)(F)F)(C(F)(F)F)N=C(c1cc[nH+]cc1)N2. The third kappa shape index (κ3) is 3.29. The van der Waals surface area contributed by atoms with E-state index in [1.165, 1.54) is 29.5 Å². The number of benzene rings is 1. The Bertz CT molecular complexity index is 1360. The molecule has 3 aromatic rings. The number of hydrogen-bond acceptors (Lipinski definition) is 4. The summed E-state index contributed by atoms with van der Waals surface area (Å²) in [6, 6.07) is 6.42. The van der Waals surface area contributed by atoms with Crippen molar-refractivity contribution in [3.63, 3.8) is 0 Å².